The number of aromatic hydroxyl groups is 1. The molecule has 0 aliphatic carbocycles. The van der Waals surface area contributed by atoms with E-state index in [1.54, 1.807) is 24.3 Å². The lowest BCUT2D eigenvalue weighted by molar-refractivity contribution is 0.0977. The van der Waals surface area contributed by atoms with E-state index < -0.39 is 5.91 Å². The van der Waals surface area contributed by atoms with Crippen molar-refractivity contribution in [1.82, 2.24) is 10.3 Å². The number of hydrogen-bond acceptors (Lipinski definition) is 6. The van der Waals surface area contributed by atoms with Gasteiger partial charge in [-0.2, -0.15) is 0 Å². The summed E-state index contributed by atoms with van der Waals surface area (Å²) in [5.74, 6) is 0.364. The Balaban J connectivity index is 1.51. The number of carbonyl (C=O) groups excluding carboxylic acids is 1. The zero-order chi connectivity index (χ0) is 24.4. The maximum absolute atomic E-state index is 12.6. The smallest absolute Gasteiger partial charge is 0.257 e. The molecule has 0 fully saturated rings. The third-order valence-electron chi connectivity index (χ3n) is 5.03. The van der Waals surface area contributed by atoms with E-state index in [0.717, 1.165) is 11.1 Å². The van der Waals surface area contributed by atoms with E-state index in [0.29, 0.717) is 45.3 Å². The zero-order valence-corrected chi connectivity index (χ0v) is 20.3. The van der Waals surface area contributed by atoms with Crippen molar-refractivity contribution < 1.29 is 19.1 Å². The summed E-state index contributed by atoms with van der Waals surface area (Å²) in [4.78, 5) is 17.1. The molecule has 1 aromatic heterocycles. The number of fused-ring (bicyclic) bond motifs is 1. The van der Waals surface area contributed by atoms with Crippen LogP contribution in [0.4, 0.5) is 5.69 Å². The van der Waals surface area contributed by atoms with Crippen LogP contribution < -0.4 is 15.4 Å². The van der Waals surface area contributed by atoms with Gasteiger partial charge in [-0.05, 0) is 86.6 Å². The minimum atomic E-state index is -0.425. The number of thiocarbonyl (C=S) groups is 1. The van der Waals surface area contributed by atoms with Gasteiger partial charge in [0.05, 0.1) is 17.2 Å². The Labute approximate surface area is 206 Å². The number of nitrogens with one attached hydrogen (secondary N) is 2. The monoisotopic (exact) mass is 495 g/mol. The number of hydrogen-bond donors (Lipinski definition) is 3. The predicted molar refractivity (Wildman–Crippen MR) is 137 cm³/mol. The number of benzene rings is 3. The van der Waals surface area contributed by atoms with Gasteiger partial charge in [0, 0.05) is 11.3 Å². The lowest BCUT2D eigenvalue weighted by Gasteiger charge is -2.12. The van der Waals surface area contributed by atoms with Crippen LogP contribution in [0.15, 0.2) is 52.9 Å². The molecule has 174 valence electrons. The van der Waals surface area contributed by atoms with Crippen LogP contribution in [-0.4, -0.2) is 27.7 Å². The van der Waals surface area contributed by atoms with Crippen molar-refractivity contribution in [2.75, 3.05) is 11.9 Å². The summed E-state index contributed by atoms with van der Waals surface area (Å²) in [7, 11) is 0. The minimum absolute atomic E-state index is 0.00506. The number of rotatable bonds is 5. The minimum Gasteiger partial charge on any atom is -0.507 e. The van der Waals surface area contributed by atoms with Crippen LogP contribution >= 0.6 is 23.8 Å². The van der Waals surface area contributed by atoms with Crippen molar-refractivity contribution in [2.24, 2.45) is 0 Å². The summed E-state index contributed by atoms with van der Waals surface area (Å²) in [6.45, 7) is 6.25. The van der Waals surface area contributed by atoms with Crippen LogP contribution in [0.5, 0.6) is 11.5 Å². The van der Waals surface area contributed by atoms with E-state index in [1.807, 2.05) is 32.9 Å². The molecule has 0 saturated carbocycles. The van der Waals surface area contributed by atoms with Gasteiger partial charge in [0.1, 0.15) is 17.0 Å². The molecule has 0 spiro atoms. The van der Waals surface area contributed by atoms with Crippen molar-refractivity contribution in [2.45, 2.75) is 20.8 Å². The van der Waals surface area contributed by atoms with Gasteiger partial charge < -0.3 is 19.6 Å². The maximum atomic E-state index is 12.6. The zero-order valence-electron chi connectivity index (χ0n) is 18.7. The number of aryl methyl sites for hydroxylation is 2. The highest BCUT2D eigenvalue weighted by molar-refractivity contribution is 7.80. The highest BCUT2D eigenvalue weighted by Gasteiger charge is 2.16. The van der Waals surface area contributed by atoms with Gasteiger partial charge in [0.2, 0.25) is 5.89 Å². The second kappa shape index (κ2) is 9.70. The molecule has 3 aromatic carbocycles. The van der Waals surface area contributed by atoms with Crippen LogP contribution in [0.3, 0.4) is 0 Å². The Morgan fingerprint density at radius 3 is 2.71 bits per heavy atom. The fraction of sp³-hybridized carbons (Fsp3) is 0.160. The molecule has 0 radical (unpaired) electrons. The molecular weight excluding hydrogens is 474 g/mol. The molecule has 34 heavy (non-hydrogen) atoms. The van der Waals surface area contributed by atoms with Gasteiger partial charge in [-0.25, -0.2) is 4.98 Å². The summed E-state index contributed by atoms with van der Waals surface area (Å²) >= 11 is 11.5. The van der Waals surface area contributed by atoms with Gasteiger partial charge >= 0.3 is 0 Å². The van der Waals surface area contributed by atoms with Crippen LogP contribution in [-0.2, 0) is 0 Å². The SMILES string of the molecule is CCOc1ccc(C(=O)NC(=S)Nc2ccc(O)c(-c3nc4cc(C)cc(C)c4o3)c2)cc1Cl. The first kappa shape index (κ1) is 23.5. The Bertz CT molecular complexity index is 1420. The number of phenolic OH excluding ortho intramolecular Hbond substituents is 1. The van der Waals surface area contributed by atoms with E-state index >= 15 is 0 Å². The fourth-order valence-electron chi connectivity index (χ4n) is 3.53. The predicted octanol–water partition coefficient (Wildman–Crippen LogP) is 6.00. The van der Waals surface area contributed by atoms with Crippen LogP contribution in [0.2, 0.25) is 5.02 Å². The number of amides is 1. The molecule has 0 bridgehead atoms. The molecule has 0 aliphatic rings. The second-order valence-corrected chi connectivity index (χ2v) is 8.48. The average Bonchev–Trinajstić information content (AvgIpc) is 3.20. The number of carbonyl (C=O) groups is 1. The quantitative estimate of drug-likeness (QED) is 0.231. The van der Waals surface area contributed by atoms with Crippen molar-refractivity contribution in [3.63, 3.8) is 0 Å². The van der Waals surface area contributed by atoms with Crippen LogP contribution in [0.1, 0.15) is 28.4 Å². The summed E-state index contributed by atoms with van der Waals surface area (Å²) in [5.41, 5.74) is 4.67. The molecule has 0 aliphatic heterocycles. The molecule has 7 nitrogen and oxygen atoms in total. The molecule has 3 N–H and O–H groups in total. The molecule has 0 atom stereocenters. The van der Waals surface area contributed by atoms with E-state index in [1.165, 1.54) is 12.1 Å². The largest absolute Gasteiger partial charge is 0.507 e. The number of anilines is 1. The third kappa shape index (κ3) is 4.98. The maximum Gasteiger partial charge on any atom is 0.257 e. The molecule has 9 heteroatoms. The number of oxazole rings is 1. The van der Waals surface area contributed by atoms with E-state index in [2.05, 4.69) is 15.6 Å². The highest BCUT2D eigenvalue weighted by atomic mass is 35.5. The number of phenols is 1. The Morgan fingerprint density at radius 1 is 1.18 bits per heavy atom. The lowest BCUT2D eigenvalue weighted by Crippen LogP contribution is -2.34. The van der Waals surface area contributed by atoms with Crippen molar-refractivity contribution in [3.05, 3.63) is 70.2 Å². The average molecular weight is 496 g/mol. The number of ether oxygens (including phenoxy) is 1. The van der Waals surface area contributed by atoms with Crippen molar-refractivity contribution >= 4 is 51.6 Å². The van der Waals surface area contributed by atoms with E-state index in [4.69, 9.17) is 33.0 Å². The molecule has 4 aromatic rings. The van der Waals surface area contributed by atoms with E-state index in [9.17, 15) is 9.90 Å². The first-order valence-electron chi connectivity index (χ1n) is 10.5. The molecular formula is C25H22ClN3O4S. The normalized spacial score (nSPS) is 10.8. The molecule has 1 amide bonds. The fourth-order valence-corrected chi connectivity index (χ4v) is 3.97. The Kier molecular flexibility index (Phi) is 6.72. The number of nitrogens with zero attached hydrogens (tertiary/aromatic N) is 1. The molecule has 4 rings (SSSR count). The molecule has 1 heterocycles. The Hall–Kier alpha value is -3.62. The van der Waals surface area contributed by atoms with Gasteiger partial charge in [0.15, 0.2) is 10.7 Å². The topological polar surface area (TPSA) is 96.6 Å². The van der Waals surface area contributed by atoms with Crippen LogP contribution in [0, 0.1) is 13.8 Å². The van der Waals surface area contributed by atoms with Gasteiger partial charge in [-0.15, -0.1) is 0 Å². The van der Waals surface area contributed by atoms with Gasteiger partial charge in [0.25, 0.3) is 5.91 Å². The van der Waals surface area contributed by atoms with Crippen molar-refractivity contribution in [1.29, 1.82) is 0 Å². The standard InChI is InChI=1S/C25H22ClN3O4S/c1-4-32-21-8-5-15(11-18(21)26)23(31)29-25(34)27-16-6-7-20(30)17(12-16)24-28-19-10-13(2)9-14(3)22(19)33-24/h5-12,30H,4H2,1-3H3,(H2,27,29,31,34). The van der Waals surface area contributed by atoms with E-state index in [-0.39, 0.29) is 16.8 Å². The number of halogens is 1. The first-order valence-corrected chi connectivity index (χ1v) is 11.3. The third-order valence-corrected chi connectivity index (χ3v) is 5.53. The first-order chi connectivity index (χ1) is 16.2. The van der Waals surface area contributed by atoms with Gasteiger partial charge in [-0.1, -0.05) is 17.7 Å². The molecule has 0 unspecified atom stereocenters. The van der Waals surface area contributed by atoms with Crippen molar-refractivity contribution in [3.8, 4) is 23.0 Å². The number of aromatic nitrogens is 1. The highest BCUT2D eigenvalue weighted by Crippen LogP contribution is 2.34. The summed E-state index contributed by atoms with van der Waals surface area (Å²) in [6, 6.07) is 13.5. The summed E-state index contributed by atoms with van der Waals surface area (Å²) < 4.78 is 11.3. The van der Waals surface area contributed by atoms with Crippen LogP contribution in [0.25, 0.3) is 22.6 Å². The summed E-state index contributed by atoms with van der Waals surface area (Å²) in [5, 5.41) is 16.4. The second-order valence-electron chi connectivity index (χ2n) is 7.67. The Morgan fingerprint density at radius 2 is 1.97 bits per heavy atom. The lowest BCUT2D eigenvalue weighted by atomic mass is 10.1. The summed E-state index contributed by atoms with van der Waals surface area (Å²) in [6.07, 6.45) is 0. The van der Waals surface area contributed by atoms with Gasteiger partial charge in [-0.3, -0.25) is 10.1 Å². The molecule has 0 saturated heterocycles.